The highest BCUT2D eigenvalue weighted by Crippen LogP contribution is 2.46. The van der Waals surface area contributed by atoms with Crippen LogP contribution in [-0.4, -0.2) is 17.8 Å². The van der Waals surface area contributed by atoms with Crippen LogP contribution in [-0.2, 0) is 18.4 Å². The molecule has 1 aromatic heterocycles. The molecule has 2 aliphatic rings. The standard InChI is InChI=1S/C17H20N2S2/c1-18-17(10-11-20-14-8-4-2-6-12(14)17)16-19-13-7-3-5-9-15(13)21-16/h2,4,6,8,18H,3,5,7,9-11H2,1H3. The summed E-state index contributed by atoms with van der Waals surface area (Å²) in [5, 5.41) is 4.92. The number of thioether (sulfide) groups is 1. The zero-order chi connectivity index (χ0) is 14.3. The lowest BCUT2D eigenvalue weighted by molar-refractivity contribution is 0.411. The van der Waals surface area contributed by atoms with E-state index in [4.69, 9.17) is 4.98 Å². The summed E-state index contributed by atoms with van der Waals surface area (Å²) in [6.07, 6.45) is 6.14. The van der Waals surface area contributed by atoms with E-state index in [-0.39, 0.29) is 5.54 Å². The van der Waals surface area contributed by atoms with Gasteiger partial charge in [0.25, 0.3) is 0 Å². The molecule has 0 amide bonds. The third-order valence-electron chi connectivity index (χ3n) is 4.72. The predicted octanol–water partition coefficient (Wildman–Crippen LogP) is 3.98. The van der Waals surface area contributed by atoms with Crippen LogP contribution in [0.3, 0.4) is 0 Å². The average Bonchev–Trinajstić information content (AvgIpc) is 2.98. The van der Waals surface area contributed by atoms with Crippen LogP contribution in [0.5, 0.6) is 0 Å². The average molecular weight is 316 g/mol. The molecule has 0 fully saturated rings. The number of aryl methyl sites for hydroxylation is 2. The van der Waals surface area contributed by atoms with Crippen molar-refractivity contribution >= 4 is 23.1 Å². The molecule has 4 rings (SSSR count). The summed E-state index contributed by atoms with van der Waals surface area (Å²) < 4.78 is 0. The van der Waals surface area contributed by atoms with Crippen molar-refractivity contribution in [3.05, 3.63) is 45.4 Å². The van der Waals surface area contributed by atoms with E-state index in [9.17, 15) is 0 Å². The molecular formula is C17H20N2S2. The molecule has 1 atom stereocenters. The monoisotopic (exact) mass is 316 g/mol. The van der Waals surface area contributed by atoms with Crippen molar-refractivity contribution in [2.45, 2.75) is 42.5 Å². The maximum Gasteiger partial charge on any atom is 0.118 e. The fourth-order valence-corrected chi connectivity index (χ4v) is 6.11. The van der Waals surface area contributed by atoms with Crippen LogP contribution in [0.2, 0.25) is 0 Å². The summed E-state index contributed by atoms with van der Waals surface area (Å²) in [5.41, 5.74) is 2.70. The highest BCUT2D eigenvalue weighted by atomic mass is 32.2. The fraction of sp³-hybridized carbons (Fsp3) is 0.471. The molecule has 2 aromatic rings. The summed E-state index contributed by atoms with van der Waals surface area (Å²) in [6.45, 7) is 0. The fourth-order valence-electron chi connectivity index (χ4n) is 3.52. The molecule has 1 aliphatic heterocycles. The number of aromatic nitrogens is 1. The van der Waals surface area contributed by atoms with Crippen molar-refractivity contribution in [2.24, 2.45) is 0 Å². The highest BCUT2D eigenvalue weighted by molar-refractivity contribution is 7.99. The van der Waals surface area contributed by atoms with Crippen molar-refractivity contribution in [1.29, 1.82) is 0 Å². The molecule has 0 saturated heterocycles. The van der Waals surface area contributed by atoms with Crippen LogP contribution >= 0.6 is 23.1 Å². The van der Waals surface area contributed by atoms with Gasteiger partial charge in [-0.05, 0) is 50.8 Å². The van der Waals surface area contributed by atoms with E-state index in [1.807, 2.05) is 23.1 Å². The number of nitrogens with one attached hydrogen (secondary N) is 1. The first-order valence-electron chi connectivity index (χ1n) is 7.74. The summed E-state index contributed by atoms with van der Waals surface area (Å²) in [7, 11) is 2.09. The summed E-state index contributed by atoms with van der Waals surface area (Å²) in [4.78, 5) is 8.00. The summed E-state index contributed by atoms with van der Waals surface area (Å²) in [5.74, 6) is 1.15. The van der Waals surface area contributed by atoms with E-state index >= 15 is 0 Å². The molecule has 1 aliphatic carbocycles. The number of thiazole rings is 1. The quantitative estimate of drug-likeness (QED) is 0.907. The lowest BCUT2D eigenvalue weighted by atomic mass is 9.87. The number of hydrogen-bond acceptors (Lipinski definition) is 4. The Bertz CT molecular complexity index is 641. The van der Waals surface area contributed by atoms with Gasteiger partial charge in [0.1, 0.15) is 5.01 Å². The first kappa shape index (κ1) is 13.8. The smallest absolute Gasteiger partial charge is 0.118 e. The SMILES string of the molecule is CNC1(c2nc3c(s2)CCCC3)CCSc2ccccc21. The number of rotatable bonds is 2. The lowest BCUT2D eigenvalue weighted by Crippen LogP contribution is -2.43. The van der Waals surface area contributed by atoms with Crippen molar-refractivity contribution in [1.82, 2.24) is 10.3 Å². The van der Waals surface area contributed by atoms with Gasteiger partial charge < -0.3 is 5.32 Å². The van der Waals surface area contributed by atoms with Crippen molar-refractivity contribution < 1.29 is 0 Å². The molecule has 21 heavy (non-hydrogen) atoms. The summed E-state index contributed by atoms with van der Waals surface area (Å²) in [6, 6.07) is 8.83. The van der Waals surface area contributed by atoms with E-state index in [1.165, 1.54) is 51.7 Å². The molecule has 110 valence electrons. The van der Waals surface area contributed by atoms with Gasteiger partial charge in [-0.3, -0.25) is 0 Å². The van der Waals surface area contributed by atoms with Crippen LogP contribution in [0.1, 0.15) is 40.4 Å². The molecular weight excluding hydrogens is 296 g/mol. The number of nitrogens with zero attached hydrogens (tertiary/aromatic N) is 1. The number of fused-ring (bicyclic) bond motifs is 2. The molecule has 1 N–H and O–H groups in total. The van der Waals surface area contributed by atoms with Crippen LogP contribution in [0, 0.1) is 0 Å². The lowest BCUT2D eigenvalue weighted by Gasteiger charge is -2.37. The number of benzene rings is 1. The minimum atomic E-state index is -0.0795. The molecule has 1 aromatic carbocycles. The minimum Gasteiger partial charge on any atom is -0.305 e. The predicted molar refractivity (Wildman–Crippen MR) is 90.4 cm³/mol. The van der Waals surface area contributed by atoms with Crippen LogP contribution in [0.15, 0.2) is 29.2 Å². The van der Waals surface area contributed by atoms with Crippen molar-refractivity contribution in [3.63, 3.8) is 0 Å². The second kappa shape index (κ2) is 5.41. The van der Waals surface area contributed by atoms with Gasteiger partial charge in [0.05, 0.1) is 11.2 Å². The van der Waals surface area contributed by atoms with Crippen molar-refractivity contribution in [3.8, 4) is 0 Å². The van der Waals surface area contributed by atoms with Gasteiger partial charge >= 0.3 is 0 Å². The Balaban J connectivity index is 1.86. The Kier molecular flexibility index (Phi) is 3.56. The maximum absolute atomic E-state index is 5.06. The van der Waals surface area contributed by atoms with Crippen LogP contribution < -0.4 is 5.32 Å². The van der Waals surface area contributed by atoms with Gasteiger partial charge in [-0.15, -0.1) is 23.1 Å². The Morgan fingerprint density at radius 2 is 2.05 bits per heavy atom. The van der Waals surface area contributed by atoms with E-state index in [1.54, 1.807) is 0 Å². The Morgan fingerprint density at radius 3 is 2.90 bits per heavy atom. The Labute approximate surface area is 134 Å². The topological polar surface area (TPSA) is 24.9 Å². The molecule has 0 spiro atoms. The molecule has 0 radical (unpaired) electrons. The first-order chi connectivity index (χ1) is 10.3. The van der Waals surface area contributed by atoms with Gasteiger partial charge in [-0.2, -0.15) is 0 Å². The molecule has 0 saturated carbocycles. The Morgan fingerprint density at radius 1 is 1.19 bits per heavy atom. The van der Waals surface area contributed by atoms with E-state index in [0.717, 1.165) is 12.2 Å². The van der Waals surface area contributed by atoms with E-state index in [2.05, 4.69) is 36.6 Å². The van der Waals surface area contributed by atoms with E-state index < -0.39 is 0 Å². The molecule has 2 heterocycles. The van der Waals surface area contributed by atoms with Gasteiger partial charge in [0, 0.05) is 15.5 Å². The third-order valence-corrected chi connectivity index (χ3v) is 7.11. The number of hydrogen-bond donors (Lipinski definition) is 1. The third kappa shape index (κ3) is 2.16. The van der Waals surface area contributed by atoms with E-state index in [0.29, 0.717) is 0 Å². The second-order valence-corrected chi connectivity index (χ2v) is 8.07. The molecule has 0 bridgehead atoms. The largest absolute Gasteiger partial charge is 0.305 e. The maximum atomic E-state index is 5.06. The van der Waals surface area contributed by atoms with Crippen LogP contribution in [0.25, 0.3) is 0 Å². The molecule has 2 nitrogen and oxygen atoms in total. The second-order valence-electron chi connectivity index (χ2n) is 5.85. The summed E-state index contributed by atoms with van der Waals surface area (Å²) >= 11 is 3.92. The normalized spacial score (nSPS) is 24.4. The van der Waals surface area contributed by atoms with Crippen molar-refractivity contribution in [2.75, 3.05) is 12.8 Å². The zero-order valence-corrected chi connectivity index (χ0v) is 13.9. The van der Waals surface area contributed by atoms with Gasteiger partial charge in [0.2, 0.25) is 0 Å². The van der Waals surface area contributed by atoms with Gasteiger partial charge in [-0.1, -0.05) is 18.2 Å². The van der Waals surface area contributed by atoms with Crippen LogP contribution in [0.4, 0.5) is 0 Å². The Hall–Kier alpha value is -0.840. The molecule has 4 heteroatoms. The van der Waals surface area contributed by atoms with Gasteiger partial charge in [0.15, 0.2) is 0 Å². The minimum absolute atomic E-state index is 0.0795. The van der Waals surface area contributed by atoms with Gasteiger partial charge in [-0.25, -0.2) is 4.98 Å². The first-order valence-corrected chi connectivity index (χ1v) is 9.54. The highest BCUT2D eigenvalue weighted by Gasteiger charge is 2.40. The molecule has 1 unspecified atom stereocenters. The zero-order valence-electron chi connectivity index (χ0n) is 12.3.